The minimum Gasteiger partial charge on any atom is -0.464 e. The highest BCUT2D eigenvalue weighted by molar-refractivity contribution is 5.85. The number of carbonyl (C=O) groups is 2. The van der Waals surface area contributed by atoms with Crippen molar-refractivity contribution >= 4 is 22.8 Å². The van der Waals surface area contributed by atoms with Gasteiger partial charge in [-0.15, -0.1) is 0 Å². The number of amides is 2. The third-order valence-corrected chi connectivity index (χ3v) is 8.37. The van der Waals surface area contributed by atoms with Crippen molar-refractivity contribution in [3.05, 3.63) is 82.0 Å². The molecule has 4 rings (SSSR count). The minimum atomic E-state index is -0.369. The van der Waals surface area contributed by atoms with Crippen molar-refractivity contribution < 1.29 is 23.1 Å². The number of carbonyl (C=O) groups excluding carboxylic acids is 2. The molecule has 2 aromatic carbocycles. The Morgan fingerprint density at radius 2 is 1.57 bits per heavy atom. The van der Waals surface area contributed by atoms with E-state index in [0.717, 1.165) is 37.7 Å². The molecule has 1 aliphatic rings. The standard InChI is InChI=1S/C36H47FN2O5/c1-2-3-4-5-6-7-8-9-10-17-34(40)39(25-31-14-13-22-43-31)26-35(41)38(23-28-18-20-30(37)21-19-28)24-29-27-44-33-16-12-11-15-32(33)36(29)42/h11-12,15-16,18-21,27,31H,2-10,13-14,17,22-26H2,1H3. The van der Waals surface area contributed by atoms with Gasteiger partial charge in [-0.1, -0.05) is 82.6 Å². The molecule has 0 aliphatic carbocycles. The molecule has 0 spiro atoms. The summed E-state index contributed by atoms with van der Waals surface area (Å²) in [6.45, 7) is 3.29. The Bertz CT molecular complexity index is 1380. The van der Waals surface area contributed by atoms with Gasteiger partial charge in [-0.3, -0.25) is 14.4 Å². The lowest BCUT2D eigenvalue weighted by Crippen LogP contribution is -2.45. The van der Waals surface area contributed by atoms with Gasteiger partial charge in [0.25, 0.3) is 0 Å². The van der Waals surface area contributed by atoms with Crippen LogP contribution in [0.4, 0.5) is 4.39 Å². The first-order chi connectivity index (χ1) is 21.4. The quantitative estimate of drug-likeness (QED) is 0.141. The lowest BCUT2D eigenvalue weighted by Gasteiger charge is -2.29. The third kappa shape index (κ3) is 10.3. The van der Waals surface area contributed by atoms with Crippen LogP contribution in [0.3, 0.4) is 0 Å². The number of nitrogens with zero attached hydrogens (tertiary/aromatic N) is 2. The molecule has 3 aromatic rings. The highest BCUT2D eigenvalue weighted by atomic mass is 19.1. The van der Waals surface area contributed by atoms with Crippen LogP contribution in [0.5, 0.6) is 0 Å². The van der Waals surface area contributed by atoms with E-state index in [2.05, 4.69) is 6.92 Å². The second-order valence-corrected chi connectivity index (χ2v) is 12.0. The van der Waals surface area contributed by atoms with Gasteiger partial charge < -0.3 is 19.0 Å². The third-order valence-electron chi connectivity index (χ3n) is 8.37. The van der Waals surface area contributed by atoms with Crippen LogP contribution in [0.2, 0.25) is 0 Å². The van der Waals surface area contributed by atoms with E-state index < -0.39 is 0 Å². The van der Waals surface area contributed by atoms with Crippen LogP contribution < -0.4 is 5.43 Å². The van der Waals surface area contributed by atoms with Gasteiger partial charge in [0.1, 0.15) is 11.4 Å². The van der Waals surface area contributed by atoms with Crippen molar-refractivity contribution in [1.29, 1.82) is 0 Å². The maximum atomic E-state index is 13.9. The summed E-state index contributed by atoms with van der Waals surface area (Å²) in [5, 5.41) is 0.440. The molecule has 1 aromatic heterocycles. The summed E-state index contributed by atoms with van der Waals surface area (Å²) in [5.41, 5.74) is 1.33. The van der Waals surface area contributed by atoms with E-state index >= 15 is 0 Å². The molecule has 1 atom stereocenters. The summed E-state index contributed by atoms with van der Waals surface area (Å²) < 4.78 is 25.2. The lowest BCUT2D eigenvalue weighted by atomic mass is 10.1. The fourth-order valence-electron chi connectivity index (χ4n) is 5.77. The van der Waals surface area contributed by atoms with E-state index in [4.69, 9.17) is 9.15 Å². The minimum absolute atomic E-state index is 0.00356. The normalized spacial score (nSPS) is 14.6. The molecular formula is C36H47FN2O5. The molecule has 2 heterocycles. The van der Waals surface area contributed by atoms with Gasteiger partial charge in [0.05, 0.1) is 36.4 Å². The second kappa shape index (κ2) is 17.7. The number of hydrogen-bond donors (Lipinski definition) is 0. The number of hydrogen-bond acceptors (Lipinski definition) is 5. The molecule has 44 heavy (non-hydrogen) atoms. The number of benzene rings is 2. The molecule has 0 radical (unpaired) electrons. The van der Waals surface area contributed by atoms with E-state index in [0.29, 0.717) is 36.1 Å². The average molecular weight is 607 g/mol. The molecule has 1 fully saturated rings. The summed E-state index contributed by atoms with van der Waals surface area (Å²) in [7, 11) is 0. The van der Waals surface area contributed by atoms with Crippen LogP contribution in [0.15, 0.2) is 64.0 Å². The molecule has 0 N–H and O–H groups in total. The van der Waals surface area contributed by atoms with Gasteiger partial charge >= 0.3 is 0 Å². The van der Waals surface area contributed by atoms with Gasteiger partial charge in [0.2, 0.25) is 11.8 Å². The fraction of sp³-hybridized carbons (Fsp3) is 0.528. The molecule has 238 valence electrons. The Morgan fingerprint density at radius 1 is 0.864 bits per heavy atom. The van der Waals surface area contributed by atoms with Crippen molar-refractivity contribution in [3.63, 3.8) is 0 Å². The predicted octanol–water partition coefficient (Wildman–Crippen LogP) is 7.39. The maximum Gasteiger partial charge on any atom is 0.242 e. The van der Waals surface area contributed by atoms with E-state index in [1.54, 1.807) is 46.2 Å². The molecule has 0 saturated carbocycles. The van der Waals surface area contributed by atoms with Crippen LogP contribution in [-0.4, -0.2) is 47.4 Å². The number of ether oxygens (including phenoxy) is 1. The van der Waals surface area contributed by atoms with Gasteiger partial charge in [-0.2, -0.15) is 0 Å². The highest BCUT2D eigenvalue weighted by Crippen LogP contribution is 2.18. The van der Waals surface area contributed by atoms with E-state index in [9.17, 15) is 18.8 Å². The zero-order chi connectivity index (χ0) is 31.1. The van der Waals surface area contributed by atoms with Gasteiger partial charge in [-0.25, -0.2) is 4.39 Å². The Hall–Kier alpha value is -3.52. The first-order valence-corrected chi connectivity index (χ1v) is 16.4. The summed E-state index contributed by atoms with van der Waals surface area (Å²) in [6.07, 6.45) is 13.9. The van der Waals surface area contributed by atoms with Crippen LogP contribution >= 0.6 is 0 Å². The monoisotopic (exact) mass is 606 g/mol. The number of rotatable bonds is 18. The summed E-state index contributed by atoms with van der Waals surface area (Å²) in [5.74, 6) is -0.712. The Kier molecular flexibility index (Phi) is 13.4. The Balaban J connectivity index is 1.43. The number of fused-ring (bicyclic) bond motifs is 1. The van der Waals surface area contributed by atoms with E-state index in [1.165, 1.54) is 56.9 Å². The van der Waals surface area contributed by atoms with E-state index in [1.807, 2.05) is 0 Å². The highest BCUT2D eigenvalue weighted by Gasteiger charge is 2.27. The van der Waals surface area contributed by atoms with Crippen molar-refractivity contribution in [2.75, 3.05) is 19.7 Å². The van der Waals surface area contributed by atoms with Crippen LogP contribution in [0, 0.1) is 5.82 Å². The molecule has 7 nitrogen and oxygen atoms in total. The lowest BCUT2D eigenvalue weighted by molar-refractivity contribution is -0.142. The van der Waals surface area contributed by atoms with E-state index in [-0.39, 0.29) is 48.8 Å². The first kappa shape index (κ1) is 33.4. The zero-order valence-electron chi connectivity index (χ0n) is 26.1. The van der Waals surface area contributed by atoms with Crippen molar-refractivity contribution in [1.82, 2.24) is 9.80 Å². The van der Waals surface area contributed by atoms with Crippen molar-refractivity contribution in [3.8, 4) is 0 Å². The van der Waals surface area contributed by atoms with Crippen LogP contribution in [0.1, 0.15) is 95.1 Å². The van der Waals surface area contributed by atoms with Gasteiger partial charge in [-0.05, 0) is 49.1 Å². The zero-order valence-corrected chi connectivity index (χ0v) is 26.1. The topological polar surface area (TPSA) is 80.1 Å². The summed E-state index contributed by atoms with van der Waals surface area (Å²) >= 11 is 0. The largest absolute Gasteiger partial charge is 0.464 e. The van der Waals surface area contributed by atoms with Gasteiger partial charge in [0, 0.05) is 26.1 Å². The predicted molar refractivity (Wildman–Crippen MR) is 171 cm³/mol. The molecule has 1 unspecified atom stereocenters. The maximum absolute atomic E-state index is 13.9. The number of halogens is 1. The summed E-state index contributed by atoms with van der Waals surface area (Å²) in [4.78, 5) is 43.8. The van der Waals surface area contributed by atoms with Crippen molar-refractivity contribution in [2.45, 2.75) is 103 Å². The molecule has 1 aliphatic heterocycles. The molecule has 0 bridgehead atoms. The molecule has 1 saturated heterocycles. The number of para-hydroxylation sites is 1. The van der Waals surface area contributed by atoms with Crippen molar-refractivity contribution in [2.24, 2.45) is 0 Å². The Morgan fingerprint density at radius 3 is 2.27 bits per heavy atom. The first-order valence-electron chi connectivity index (χ1n) is 16.4. The molecule has 2 amide bonds. The molecule has 8 heteroatoms. The second-order valence-electron chi connectivity index (χ2n) is 12.0. The van der Waals surface area contributed by atoms with Crippen LogP contribution in [-0.2, 0) is 27.4 Å². The number of unbranched alkanes of at least 4 members (excludes halogenated alkanes) is 8. The summed E-state index contributed by atoms with van der Waals surface area (Å²) in [6, 6.07) is 12.9. The smallest absolute Gasteiger partial charge is 0.242 e. The Labute approximate surface area is 260 Å². The molecular weight excluding hydrogens is 559 g/mol. The average Bonchev–Trinajstić information content (AvgIpc) is 3.55. The SMILES string of the molecule is CCCCCCCCCCCC(=O)N(CC(=O)N(Cc1ccc(F)cc1)Cc1coc2ccccc2c1=O)CC1CCCO1. The fourth-order valence-corrected chi connectivity index (χ4v) is 5.77. The van der Waals surface area contributed by atoms with Crippen LogP contribution in [0.25, 0.3) is 11.0 Å². The van der Waals surface area contributed by atoms with Gasteiger partial charge in [0.15, 0.2) is 5.43 Å².